The average Bonchev–Trinajstić information content (AvgIpc) is 3.45. The molecule has 4 aliphatic rings. The van der Waals surface area contributed by atoms with Crippen molar-refractivity contribution in [2.45, 2.75) is 128 Å². The van der Waals surface area contributed by atoms with Gasteiger partial charge in [-0.05, 0) is 117 Å². The third kappa shape index (κ3) is 8.46. The Bertz CT molecular complexity index is 2000. The number of amides is 2. The van der Waals surface area contributed by atoms with Gasteiger partial charge in [-0.3, -0.25) is 4.79 Å². The molecule has 0 radical (unpaired) electrons. The molecule has 4 aliphatic carbocycles. The zero-order valence-corrected chi connectivity index (χ0v) is 33.1. The van der Waals surface area contributed by atoms with Crippen molar-refractivity contribution in [2.75, 3.05) is 6.54 Å². The molecule has 0 aliphatic heterocycles. The molecule has 8 rings (SSSR count). The summed E-state index contributed by atoms with van der Waals surface area (Å²) >= 11 is 0. The molecule has 2 amide bonds. The second-order valence-corrected chi connectivity index (χ2v) is 17.2. The van der Waals surface area contributed by atoms with Crippen LogP contribution in [0.25, 0.3) is 10.8 Å². The van der Waals surface area contributed by atoms with E-state index in [0.29, 0.717) is 38.6 Å². The summed E-state index contributed by atoms with van der Waals surface area (Å²) in [5, 5.41) is 29.8. The van der Waals surface area contributed by atoms with Crippen LogP contribution >= 0.6 is 0 Å². The van der Waals surface area contributed by atoms with Crippen molar-refractivity contribution in [1.29, 1.82) is 0 Å². The Morgan fingerprint density at radius 1 is 0.891 bits per heavy atom. The number of hydrogen-bond donors (Lipinski definition) is 3. The number of benzene rings is 4. The molecule has 2 saturated carbocycles. The van der Waals surface area contributed by atoms with E-state index in [-0.39, 0.29) is 36.2 Å². The van der Waals surface area contributed by atoms with E-state index >= 15 is 0 Å². The fraction of sp³-hybridized carbons (Fsp3) is 0.469. The van der Waals surface area contributed by atoms with Crippen molar-refractivity contribution in [3.8, 4) is 0 Å². The summed E-state index contributed by atoms with van der Waals surface area (Å²) in [6, 6.07) is 30.4. The molecule has 6 heteroatoms. The number of ketones is 1. The number of nitrogens with zero attached hydrogens (tertiary/aromatic N) is 1. The Kier molecular flexibility index (Phi) is 11.9. The molecule has 4 aromatic rings. The van der Waals surface area contributed by atoms with Crippen molar-refractivity contribution in [3.63, 3.8) is 0 Å². The number of rotatable bonds is 8. The van der Waals surface area contributed by atoms with Crippen LogP contribution in [0.15, 0.2) is 103 Å². The van der Waals surface area contributed by atoms with Gasteiger partial charge in [0.1, 0.15) is 0 Å². The maximum absolute atomic E-state index is 14.6. The summed E-state index contributed by atoms with van der Waals surface area (Å²) in [5.41, 5.74) is 4.23. The number of urea groups is 1. The lowest BCUT2D eigenvalue weighted by molar-refractivity contribution is -0.0780. The number of hydrogen-bond acceptors (Lipinski definition) is 4. The minimum atomic E-state index is -1.23. The minimum Gasteiger partial charge on any atom is -0.393 e. The Labute approximate surface area is 328 Å². The van der Waals surface area contributed by atoms with Crippen LogP contribution in [0.5, 0.6) is 0 Å². The van der Waals surface area contributed by atoms with Crippen LogP contribution in [0.3, 0.4) is 0 Å². The van der Waals surface area contributed by atoms with Gasteiger partial charge in [-0.1, -0.05) is 123 Å². The number of carbonyl (C=O) groups is 2. The van der Waals surface area contributed by atoms with Gasteiger partial charge in [0.2, 0.25) is 0 Å². The maximum Gasteiger partial charge on any atom is 0.318 e. The summed E-state index contributed by atoms with van der Waals surface area (Å²) in [6.07, 6.45) is 11.7. The number of fused-ring (bicyclic) bond motifs is 9. The molecule has 6 nitrogen and oxygen atoms in total. The fourth-order valence-electron chi connectivity index (χ4n) is 10.1. The van der Waals surface area contributed by atoms with Gasteiger partial charge in [0, 0.05) is 23.4 Å². The van der Waals surface area contributed by atoms with E-state index in [0.717, 1.165) is 77.1 Å². The van der Waals surface area contributed by atoms with Crippen LogP contribution in [0.1, 0.15) is 136 Å². The van der Waals surface area contributed by atoms with Crippen LogP contribution in [-0.2, 0) is 13.0 Å². The van der Waals surface area contributed by atoms with Crippen LogP contribution in [0.2, 0.25) is 0 Å². The van der Waals surface area contributed by atoms with Gasteiger partial charge in [0.05, 0.1) is 24.3 Å². The largest absolute Gasteiger partial charge is 0.393 e. The third-order valence-electron chi connectivity index (χ3n) is 13.5. The Balaban J connectivity index is 1.28. The first-order chi connectivity index (χ1) is 26.5. The molecule has 55 heavy (non-hydrogen) atoms. The molecule has 0 heterocycles. The van der Waals surface area contributed by atoms with Crippen molar-refractivity contribution < 1.29 is 19.8 Å². The highest BCUT2D eigenvalue weighted by Crippen LogP contribution is 2.59. The number of Topliss-reactive ketones (excluding diaryl/α,β-unsaturated/α-hetero) is 1. The molecule has 0 unspecified atom stereocenters. The van der Waals surface area contributed by atoms with Gasteiger partial charge in [0.25, 0.3) is 0 Å². The molecule has 4 aromatic carbocycles. The molecule has 290 valence electrons. The molecule has 5 atom stereocenters. The van der Waals surface area contributed by atoms with Crippen LogP contribution < -0.4 is 5.32 Å². The molecule has 0 aromatic heterocycles. The van der Waals surface area contributed by atoms with E-state index < -0.39 is 17.1 Å². The third-order valence-corrected chi connectivity index (χ3v) is 13.5. The van der Waals surface area contributed by atoms with Crippen LogP contribution in [-0.4, -0.2) is 45.2 Å². The van der Waals surface area contributed by atoms with Gasteiger partial charge in [-0.2, -0.15) is 0 Å². The van der Waals surface area contributed by atoms with E-state index in [4.69, 9.17) is 0 Å². The first-order valence-corrected chi connectivity index (χ1v) is 20.8. The predicted molar refractivity (Wildman–Crippen MR) is 222 cm³/mol. The molecule has 3 N–H and O–H groups in total. The van der Waals surface area contributed by atoms with E-state index in [2.05, 4.69) is 67.7 Å². The summed E-state index contributed by atoms with van der Waals surface area (Å²) in [4.78, 5) is 30.9. The highest BCUT2D eigenvalue weighted by atomic mass is 16.3. The maximum atomic E-state index is 14.6. The van der Waals surface area contributed by atoms with Gasteiger partial charge >= 0.3 is 6.03 Å². The number of aliphatic hydroxyl groups is 2. The second kappa shape index (κ2) is 16.9. The normalized spacial score (nSPS) is 25.4. The quantitative estimate of drug-likeness (QED) is 0.124. The smallest absolute Gasteiger partial charge is 0.318 e. The van der Waals surface area contributed by atoms with E-state index in [9.17, 15) is 19.8 Å². The summed E-state index contributed by atoms with van der Waals surface area (Å²) in [7, 11) is 0. The van der Waals surface area contributed by atoms with Crippen molar-refractivity contribution in [3.05, 3.63) is 130 Å². The van der Waals surface area contributed by atoms with Gasteiger partial charge in [-0.25, -0.2) is 4.79 Å². The van der Waals surface area contributed by atoms with E-state index in [1.54, 1.807) is 0 Å². The van der Waals surface area contributed by atoms with Crippen molar-refractivity contribution >= 4 is 22.6 Å². The molecular formula is C49H60N2O4. The van der Waals surface area contributed by atoms with Gasteiger partial charge in [0.15, 0.2) is 5.78 Å². The topological polar surface area (TPSA) is 89.9 Å². The fourth-order valence-corrected chi connectivity index (χ4v) is 10.1. The molecule has 2 bridgehead atoms. The molecule has 0 spiro atoms. The highest BCUT2D eigenvalue weighted by molar-refractivity contribution is 5.99. The summed E-state index contributed by atoms with van der Waals surface area (Å²) < 4.78 is 0. The first kappa shape index (κ1) is 39.0. The number of allylic oxidation sites excluding steroid dienone is 2. The number of carbonyl (C=O) groups excluding carboxylic acids is 2. The lowest BCUT2D eigenvalue weighted by Gasteiger charge is -2.46. The SMILES string of the molecule is CC1=CCC[C@@]2(C)[C@@H](CC[C@@]2(O)CN(Cc2cccc3ccccc23)C(=O)N[C@H](C)c2ccccc2)c2ccc(cc2C(=O)C2CCCCC2)C[C@@H](O)CC1. The van der Waals surface area contributed by atoms with Gasteiger partial charge in [-0.15, -0.1) is 0 Å². The number of nitrogens with one attached hydrogen (secondary N) is 1. The zero-order valence-electron chi connectivity index (χ0n) is 33.1. The first-order valence-electron chi connectivity index (χ1n) is 20.8. The zero-order chi connectivity index (χ0) is 38.6. The lowest BCUT2D eigenvalue weighted by Crippen LogP contribution is -2.55. The Morgan fingerprint density at radius 3 is 2.44 bits per heavy atom. The standard InChI is InChI=1S/C49H60N2O4/c1-34-14-13-28-48(3)45(43-26-24-36(30-41(52)25-23-34)31-44(43)46(53)39-18-8-5-9-19-39)27-29-49(48,55)33-51(47(54)50-35(2)37-15-6-4-7-16-37)32-40-21-12-20-38-17-10-11-22-42(38)40/h4,6-7,10-12,14-17,20-22,24,26,31,35,39,41,45,52,55H,5,8-9,13,18-19,23,25,27-30,32-33H2,1-3H3,(H,50,54)/t35-,41+,45+,48+,49-/m1/s1. The molecule has 2 fully saturated rings. The molecule has 0 saturated heterocycles. The Morgan fingerprint density at radius 2 is 1.64 bits per heavy atom. The predicted octanol–water partition coefficient (Wildman–Crippen LogP) is 10.6. The molecular weight excluding hydrogens is 681 g/mol. The van der Waals surface area contributed by atoms with E-state index in [1.807, 2.05) is 60.4 Å². The minimum absolute atomic E-state index is 0.00942. The van der Waals surface area contributed by atoms with Crippen LogP contribution in [0.4, 0.5) is 4.79 Å². The van der Waals surface area contributed by atoms with E-state index in [1.165, 1.54) is 12.0 Å². The van der Waals surface area contributed by atoms with Crippen molar-refractivity contribution in [1.82, 2.24) is 10.2 Å². The lowest BCUT2D eigenvalue weighted by atomic mass is 9.64. The van der Waals surface area contributed by atoms with Crippen molar-refractivity contribution in [2.24, 2.45) is 11.3 Å². The summed E-state index contributed by atoms with van der Waals surface area (Å²) in [6.45, 7) is 6.87. The summed E-state index contributed by atoms with van der Waals surface area (Å²) in [5.74, 6) is 0.148. The highest BCUT2D eigenvalue weighted by Gasteiger charge is 2.57. The van der Waals surface area contributed by atoms with Gasteiger partial charge < -0.3 is 20.4 Å². The second-order valence-electron chi connectivity index (χ2n) is 17.2. The average molecular weight is 741 g/mol. The van der Waals surface area contributed by atoms with Crippen LogP contribution in [0, 0.1) is 11.3 Å². The monoisotopic (exact) mass is 740 g/mol. The Hall–Kier alpha value is -4.26. The number of aliphatic hydroxyl groups excluding tert-OH is 1.